The van der Waals surface area contributed by atoms with Gasteiger partial charge in [-0.25, -0.2) is 4.98 Å². The number of rotatable bonds is 3. The zero-order valence-electron chi connectivity index (χ0n) is 8.35. The lowest BCUT2D eigenvalue weighted by Gasteiger charge is -2.15. The zero-order chi connectivity index (χ0) is 10.7. The van der Waals surface area contributed by atoms with Crippen LogP contribution in [0.25, 0.3) is 0 Å². The van der Waals surface area contributed by atoms with Crippen LogP contribution in [0.4, 0.5) is 5.82 Å². The summed E-state index contributed by atoms with van der Waals surface area (Å²) in [7, 11) is 0. The summed E-state index contributed by atoms with van der Waals surface area (Å²) in [6.45, 7) is 1.17. The Morgan fingerprint density at radius 3 is 3.20 bits per heavy atom. The Kier molecular flexibility index (Phi) is 3.03. The Labute approximate surface area is 87.8 Å². The predicted molar refractivity (Wildman–Crippen MR) is 54.4 cm³/mol. The van der Waals surface area contributed by atoms with Gasteiger partial charge in [0.05, 0.1) is 19.8 Å². The fourth-order valence-electron chi connectivity index (χ4n) is 1.54. The van der Waals surface area contributed by atoms with E-state index in [0.29, 0.717) is 30.3 Å². The van der Waals surface area contributed by atoms with E-state index >= 15 is 0 Å². The average Bonchev–Trinajstić information content (AvgIpc) is 2.74. The van der Waals surface area contributed by atoms with Crippen molar-refractivity contribution in [2.24, 2.45) is 0 Å². The summed E-state index contributed by atoms with van der Waals surface area (Å²) in [6, 6.07) is 1.70. The van der Waals surface area contributed by atoms with Gasteiger partial charge in [-0.05, 0) is 6.07 Å². The molecule has 15 heavy (non-hydrogen) atoms. The summed E-state index contributed by atoms with van der Waals surface area (Å²) in [5.41, 5.74) is 6.35. The van der Waals surface area contributed by atoms with Crippen LogP contribution in [0, 0.1) is 0 Å². The van der Waals surface area contributed by atoms with Crippen LogP contribution in [-0.2, 0) is 11.3 Å². The van der Waals surface area contributed by atoms with Gasteiger partial charge in [-0.3, -0.25) is 0 Å². The SMILES string of the molecule is Nc1nccc(CO)c1O[C@H]1CCOC1. The van der Waals surface area contributed by atoms with Crippen molar-refractivity contribution in [1.29, 1.82) is 0 Å². The van der Waals surface area contributed by atoms with Gasteiger partial charge in [0, 0.05) is 18.2 Å². The zero-order valence-corrected chi connectivity index (χ0v) is 8.35. The minimum Gasteiger partial charge on any atom is -0.484 e. The van der Waals surface area contributed by atoms with Crippen molar-refractivity contribution in [2.45, 2.75) is 19.1 Å². The first-order valence-corrected chi connectivity index (χ1v) is 4.90. The van der Waals surface area contributed by atoms with Gasteiger partial charge < -0.3 is 20.3 Å². The molecule has 0 unspecified atom stereocenters. The third-order valence-corrected chi connectivity index (χ3v) is 2.36. The second-order valence-corrected chi connectivity index (χ2v) is 3.45. The molecule has 0 amide bonds. The van der Waals surface area contributed by atoms with E-state index in [9.17, 15) is 0 Å². The van der Waals surface area contributed by atoms with Crippen molar-refractivity contribution in [2.75, 3.05) is 18.9 Å². The van der Waals surface area contributed by atoms with E-state index in [1.807, 2.05) is 0 Å². The minimum atomic E-state index is -0.102. The van der Waals surface area contributed by atoms with Crippen LogP contribution in [-0.4, -0.2) is 29.4 Å². The van der Waals surface area contributed by atoms with E-state index in [0.717, 1.165) is 6.42 Å². The quantitative estimate of drug-likeness (QED) is 0.751. The summed E-state index contributed by atoms with van der Waals surface area (Å²) in [4.78, 5) is 3.93. The highest BCUT2D eigenvalue weighted by molar-refractivity contribution is 5.50. The summed E-state index contributed by atoms with van der Waals surface area (Å²) in [5, 5.41) is 9.12. The Balaban J connectivity index is 2.17. The van der Waals surface area contributed by atoms with Crippen molar-refractivity contribution in [3.05, 3.63) is 17.8 Å². The number of nitrogen functional groups attached to an aromatic ring is 1. The molecule has 3 N–H and O–H groups in total. The highest BCUT2D eigenvalue weighted by Crippen LogP contribution is 2.26. The summed E-state index contributed by atoms with van der Waals surface area (Å²) in [5.74, 6) is 0.795. The van der Waals surface area contributed by atoms with Crippen molar-refractivity contribution < 1.29 is 14.6 Å². The van der Waals surface area contributed by atoms with E-state index in [2.05, 4.69) is 4.98 Å². The molecule has 0 aromatic carbocycles. The highest BCUT2D eigenvalue weighted by atomic mass is 16.5. The smallest absolute Gasteiger partial charge is 0.167 e. The van der Waals surface area contributed by atoms with E-state index < -0.39 is 0 Å². The Morgan fingerprint density at radius 1 is 1.67 bits per heavy atom. The minimum absolute atomic E-state index is 0.0156. The first kappa shape index (κ1) is 10.2. The van der Waals surface area contributed by atoms with E-state index in [1.54, 1.807) is 12.3 Å². The lowest BCUT2D eigenvalue weighted by atomic mass is 10.2. The van der Waals surface area contributed by atoms with Crippen LogP contribution < -0.4 is 10.5 Å². The van der Waals surface area contributed by atoms with Crippen LogP contribution in [0.5, 0.6) is 5.75 Å². The van der Waals surface area contributed by atoms with Gasteiger partial charge in [0.2, 0.25) is 0 Å². The molecule has 1 aromatic heterocycles. The van der Waals surface area contributed by atoms with E-state index in [-0.39, 0.29) is 12.7 Å². The van der Waals surface area contributed by atoms with E-state index in [1.165, 1.54) is 0 Å². The van der Waals surface area contributed by atoms with Gasteiger partial charge in [0.1, 0.15) is 6.10 Å². The molecule has 5 nitrogen and oxygen atoms in total. The van der Waals surface area contributed by atoms with Crippen LogP contribution >= 0.6 is 0 Å². The largest absolute Gasteiger partial charge is 0.484 e. The van der Waals surface area contributed by atoms with Crippen LogP contribution in [0.15, 0.2) is 12.3 Å². The Hall–Kier alpha value is -1.33. The van der Waals surface area contributed by atoms with Crippen molar-refractivity contribution in [3.8, 4) is 5.75 Å². The van der Waals surface area contributed by atoms with Crippen LogP contribution in [0.3, 0.4) is 0 Å². The number of aliphatic hydroxyl groups is 1. The molecule has 0 aliphatic carbocycles. The number of hydrogen-bond donors (Lipinski definition) is 2. The van der Waals surface area contributed by atoms with Crippen molar-refractivity contribution >= 4 is 5.82 Å². The van der Waals surface area contributed by atoms with Gasteiger partial charge >= 0.3 is 0 Å². The molecular weight excluding hydrogens is 196 g/mol. The third kappa shape index (κ3) is 2.19. The maximum Gasteiger partial charge on any atom is 0.167 e. The second kappa shape index (κ2) is 4.46. The molecule has 0 bridgehead atoms. The van der Waals surface area contributed by atoms with Gasteiger partial charge in [0.15, 0.2) is 11.6 Å². The number of aliphatic hydroxyl groups excluding tert-OH is 1. The molecule has 1 aliphatic heterocycles. The molecule has 5 heteroatoms. The molecule has 2 rings (SSSR count). The van der Waals surface area contributed by atoms with Crippen molar-refractivity contribution in [3.63, 3.8) is 0 Å². The first-order chi connectivity index (χ1) is 7.31. The van der Waals surface area contributed by atoms with Gasteiger partial charge in [-0.1, -0.05) is 0 Å². The maximum atomic E-state index is 9.12. The van der Waals surface area contributed by atoms with Gasteiger partial charge in [0.25, 0.3) is 0 Å². The summed E-state index contributed by atoms with van der Waals surface area (Å²) >= 11 is 0. The Bertz CT molecular complexity index is 337. The van der Waals surface area contributed by atoms with Gasteiger partial charge in [-0.2, -0.15) is 0 Å². The molecule has 82 valence electrons. The fraction of sp³-hybridized carbons (Fsp3) is 0.500. The number of pyridine rings is 1. The standard InChI is InChI=1S/C10H14N2O3/c11-10-9(7(5-13)1-3-12-10)15-8-2-4-14-6-8/h1,3,8,13H,2,4-6H2,(H2,11,12)/t8-/m0/s1. The van der Waals surface area contributed by atoms with E-state index in [4.69, 9.17) is 20.3 Å². The highest BCUT2D eigenvalue weighted by Gasteiger charge is 2.20. The Morgan fingerprint density at radius 2 is 2.53 bits per heavy atom. The molecule has 1 aromatic rings. The molecule has 0 saturated carbocycles. The fourth-order valence-corrected chi connectivity index (χ4v) is 1.54. The number of anilines is 1. The second-order valence-electron chi connectivity index (χ2n) is 3.45. The molecule has 1 saturated heterocycles. The molecular formula is C10H14N2O3. The molecule has 1 atom stereocenters. The van der Waals surface area contributed by atoms with Crippen LogP contribution in [0.1, 0.15) is 12.0 Å². The number of nitrogens with zero attached hydrogens (tertiary/aromatic N) is 1. The third-order valence-electron chi connectivity index (χ3n) is 2.36. The molecule has 1 aliphatic rings. The topological polar surface area (TPSA) is 77.6 Å². The monoisotopic (exact) mass is 210 g/mol. The van der Waals surface area contributed by atoms with Crippen LogP contribution in [0.2, 0.25) is 0 Å². The van der Waals surface area contributed by atoms with Gasteiger partial charge in [-0.15, -0.1) is 0 Å². The predicted octanol–water partition coefficient (Wildman–Crippen LogP) is 0.324. The first-order valence-electron chi connectivity index (χ1n) is 4.90. The normalized spacial score (nSPS) is 20.5. The van der Waals surface area contributed by atoms with Crippen molar-refractivity contribution in [1.82, 2.24) is 4.98 Å². The molecule has 0 spiro atoms. The number of ether oxygens (including phenoxy) is 2. The molecule has 0 radical (unpaired) electrons. The number of hydrogen-bond acceptors (Lipinski definition) is 5. The molecule has 1 fully saturated rings. The lowest BCUT2D eigenvalue weighted by molar-refractivity contribution is 0.139. The molecule has 2 heterocycles. The maximum absolute atomic E-state index is 9.12. The number of nitrogens with two attached hydrogens (primary N) is 1. The number of aromatic nitrogens is 1. The lowest BCUT2D eigenvalue weighted by Crippen LogP contribution is -2.18. The summed E-state index contributed by atoms with van der Waals surface area (Å²) in [6.07, 6.45) is 2.42. The summed E-state index contributed by atoms with van der Waals surface area (Å²) < 4.78 is 10.8. The average molecular weight is 210 g/mol.